The summed E-state index contributed by atoms with van der Waals surface area (Å²) in [5.74, 6) is 0.336. The molecule has 1 fully saturated rings. The SMILES string of the molecule is CC1CCN(c2cc(Cl)ccc2CO)CC1O. The van der Waals surface area contributed by atoms with Crippen LogP contribution in [0.15, 0.2) is 18.2 Å². The Labute approximate surface area is 107 Å². The van der Waals surface area contributed by atoms with Crippen LogP contribution in [-0.2, 0) is 6.61 Å². The van der Waals surface area contributed by atoms with E-state index in [2.05, 4.69) is 11.8 Å². The molecule has 3 nitrogen and oxygen atoms in total. The fourth-order valence-electron chi connectivity index (χ4n) is 2.23. The van der Waals surface area contributed by atoms with Crippen molar-refractivity contribution in [3.8, 4) is 0 Å². The highest BCUT2D eigenvalue weighted by molar-refractivity contribution is 6.30. The summed E-state index contributed by atoms with van der Waals surface area (Å²) in [5.41, 5.74) is 1.79. The number of aliphatic hydroxyl groups is 2. The van der Waals surface area contributed by atoms with E-state index in [1.165, 1.54) is 0 Å². The molecule has 0 spiro atoms. The highest BCUT2D eigenvalue weighted by Crippen LogP contribution is 2.29. The molecule has 2 atom stereocenters. The molecule has 0 amide bonds. The summed E-state index contributed by atoms with van der Waals surface area (Å²) >= 11 is 5.99. The van der Waals surface area contributed by atoms with Crippen LogP contribution in [0.1, 0.15) is 18.9 Å². The van der Waals surface area contributed by atoms with Gasteiger partial charge in [-0.25, -0.2) is 0 Å². The van der Waals surface area contributed by atoms with Gasteiger partial charge in [-0.15, -0.1) is 0 Å². The van der Waals surface area contributed by atoms with Crippen molar-refractivity contribution in [1.82, 2.24) is 0 Å². The maximum Gasteiger partial charge on any atom is 0.0741 e. The number of hydrogen-bond acceptors (Lipinski definition) is 3. The fraction of sp³-hybridized carbons (Fsp3) is 0.538. The Morgan fingerprint density at radius 1 is 1.47 bits per heavy atom. The second kappa shape index (κ2) is 5.25. The molecule has 2 N–H and O–H groups in total. The molecule has 0 saturated carbocycles. The highest BCUT2D eigenvalue weighted by atomic mass is 35.5. The zero-order valence-corrected chi connectivity index (χ0v) is 10.7. The third-order valence-corrected chi connectivity index (χ3v) is 3.71. The molecule has 17 heavy (non-hydrogen) atoms. The molecule has 0 aliphatic carbocycles. The molecule has 1 saturated heterocycles. The van der Waals surface area contributed by atoms with Crippen molar-refractivity contribution in [3.05, 3.63) is 28.8 Å². The molecule has 0 radical (unpaired) electrons. The van der Waals surface area contributed by atoms with Gasteiger partial charge in [0.05, 0.1) is 12.7 Å². The summed E-state index contributed by atoms with van der Waals surface area (Å²) < 4.78 is 0. The Bertz CT molecular complexity index is 397. The van der Waals surface area contributed by atoms with Crippen molar-refractivity contribution < 1.29 is 10.2 Å². The molecule has 1 aromatic rings. The number of benzene rings is 1. The summed E-state index contributed by atoms with van der Waals surface area (Å²) in [6.45, 7) is 3.56. The molecule has 94 valence electrons. The van der Waals surface area contributed by atoms with Gasteiger partial charge in [0.2, 0.25) is 0 Å². The minimum absolute atomic E-state index is 0.00531. The van der Waals surface area contributed by atoms with Crippen molar-refractivity contribution in [2.24, 2.45) is 5.92 Å². The van der Waals surface area contributed by atoms with Crippen molar-refractivity contribution in [1.29, 1.82) is 0 Å². The summed E-state index contributed by atoms with van der Waals surface area (Å²) in [4.78, 5) is 2.10. The number of anilines is 1. The van der Waals surface area contributed by atoms with E-state index in [1.54, 1.807) is 6.07 Å². The van der Waals surface area contributed by atoms with Crippen LogP contribution in [0.4, 0.5) is 5.69 Å². The van der Waals surface area contributed by atoms with Crippen molar-refractivity contribution in [2.75, 3.05) is 18.0 Å². The maximum absolute atomic E-state index is 9.91. The Hall–Kier alpha value is -0.770. The standard InChI is InChI=1S/C13H18ClNO2/c1-9-4-5-15(7-13(9)17)12-6-11(14)3-2-10(12)8-16/h2-3,6,9,13,16-17H,4-5,7-8H2,1H3. The lowest BCUT2D eigenvalue weighted by Gasteiger charge is -2.36. The molecule has 2 rings (SSSR count). The first-order valence-electron chi connectivity index (χ1n) is 5.94. The van der Waals surface area contributed by atoms with Crippen LogP contribution in [0.2, 0.25) is 5.02 Å². The second-order valence-electron chi connectivity index (χ2n) is 4.71. The van der Waals surface area contributed by atoms with Gasteiger partial charge in [0.15, 0.2) is 0 Å². The largest absolute Gasteiger partial charge is 0.392 e. The zero-order chi connectivity index (χ0) is 12.4. The number of β-amino-alcohol motifs (C(OH)–C–C–N with tert-alkyl or cyclic N) is 1. The quantitative estimate of drug-likeness (QED) is 0.850. The van der Waals surface area contributed by atoms with Gasteiger partial charge in [0, 0.05) is 29.4 Å². The van der Waals surface area contributed by atoms with E-state index < -0.39 is 0 Å². The van der Waals surface area contributed by atoms with Gasteiger partial charge >= 0.3 is 0 Å². The number of halogens is 1. The molecular formula is C13H18ClNO2. The van der Waals surface area contributed by atoms with E-state index in [-0.39, 0.29) is 12.7 Å². The average molecular weight is 256 g/mol. The third kappa shape index (κ3) is 2.73. The van der Waals surface area contributed by atoms with E-state index >= 15 is 0 Å². The lowest BCUT2D eigenvalue weighted by atomic mass is 9.95. The lowest BCUT2D eigenvalue weighted by molar-refractivity contribution is 0.103. The predicted octanol–water partition coefficient (Wildman–Crippen LogP) is 2.04. The molecular weight excluding hydrogens is 238 g/mol. The Kier molecular flexibility index (Phi) is 3.92. The number of aliphatic hydroxyl groups excluding tert-OH is 2. The van der Waals surface area contributed by atoms with Crippen LogP contribution < -0.4 is 4.90 Å². The van der Waals surface area contributed by atoms with Crippen LogP contribution in [0.3, 0.4) is 0 Å². The minimum atomic E-state index is -0.311. The fourth-order valence-corrected chi connectivity index (χ4v) is 2.40. The van der Waals surface area contributed by atoms with E-state index in [1.807, 2.05) is 12.1 Å². The third-order valence-electron chi connectivity index (χ3n) is 3.48. The summed E-state index contributed by atoms with van der Waals surface area (Å²) in [5, 5.41) is 19.9. The Morgan fingerprint density at radius 2 is 2.24 bits per heavy atom. The number of rotatable bonds is 2. The molecule has 1 aliphatic heterocycles. The molecule has 4 heteroatoms. The van der Waals surface area contributed by atoms with Crippen LogP contribution in [0, 0.1) is 5.92 Å². The van der Waals surface area contributed by atoms with Gasteiger partial charge in [-0.3, -0.25) is 0 Å². The molecule has 1 aliphatic rings. The summed E-state index contributed by atoms with van der Waals surface area (Å²) in [7, 11) is 0. The first kappa shape index (κ1) is 12.7. The predicted molar refractivity (Wildman–Crippen MR) is 69.4 cm³/mol. The zero-order valence-electron chi connectivity index (χ0n) is 9.93. The average Bonchev–Trinajstić information content (AvgIpc) is 2.32. The normalized spacial score (nSPS) is 25.1. The van der Waals surface area contributed by atoms with Gasteiger partial charge in [0.1, 0.15) is 0 Å². The molecule has 2 unspecified atom stereocenters. The van der Waals surface area contributed by atoms with Gasteiger partial charge in [-0.1, -0.05) is 24.6 Å². The minimum Gasteiger partial charge on any atom is -0.392 e. The molecule has 1 heterocycles. The number of hydrogen-bond donors (Lipinski definition) is 2. The van der Waals surface area contributed by atoms with Gasteiger partial charge in [-0.2, -0.15) is 0 Å². The van der Waals surface area contributed by atoms with Crippen LogP contribution in [0.25, 0.3) is 0 Å². The summed E-state index contributed by atoms with van der Waals surface area (Å²) in [6, 6.07) is 5.47. The van der Waals surface area contributed by atoms with Crippen molar-refractivity contribution in [2.45, 2.75) is 26.1 Å². The number of piperidine rings is 1. The second-order valence-corrected chi connectivity index (χ2v) is 5.15. The summed E-state index contributed by atoms with van der Waals surface area (Å²) in [6.07, 6.45) is 0.646. The molecule has 1 aromatic carbocycles. The maximum atomic E-state index is 9.91. The Balaban J connectivity index is 2.24. The van der Waals surface area contributed by atoms with Crippen LogP contribution in [-0.4, -0.2) is 29.4 Å². The lowest BCUT2D eigenvalue weighted by Crippen LogP contribution is -2.43. The van der Waals surface area contributed by atoms with E-state index in [4.69, 9.17) is 11.6 Å². The molecule has 0 aromatic heterocycles. The van der Waals surface area contributed by atoms with Gasteiger partial charge in [0.25, 0.3) is 0 Å². The van der Waals surface area contributed by atoms with Gasteiger partial charge in [-0.05, 0) is 24.5 Å². The number of nitrogens with zero attached hydrogens (tertiary/aromatic N) is 1. The van der Waals surface area contributed by atoms with Crippen LogP contribution >= 0.6 is 11.6 Å². The Morgan fingerprint density at radius 3 is 2.88 bits per heavy atom. The molecule has 0 bridgehead atoms. The van der Waals surface area contributed by atoms with Gasteiger partial charge < -0.3 is 15.1 Å². The topological polar surface area (TPSA) is 43.7 Å². The van der Waals surface area contributed by atoms with E-state index in [0.29, 0.717) is 17.5 Å². The van der Waals surface area contributed by atoms with Crippen LogP contribution in [0.5, 0.6) is 0 Å². The van der Waals surface area contributed by atoms with E-state index in [9.17, 15) is 10.2 Å². The highest BCUT2D eigenvalue weighted by Gasteiger charge is 2.25. The first-order chi connectivity index (χ1) is 8.11. The van der Waals surface area contributed by atoms with E-state index in [0.717, 1.165) is 24.2 Å². The van der Waals surface area contributed by atoms with Crippen molar-refractivity contribution in [3.63, 3.8) is 0 Å². The smallest absolute Gasteiger partial charge is 0.0741 e. The monoisotopic (exact) mass is 255 g/mol. The van der Waals surface area contributed by atoms with Crippen molar-refractivity contribution >= 4 is 17.3 Å². The first-order valence-corrected chi connectivity index (χ1v) is 6.32.